The molecule has 0 spiro atoms. The van der Waals surface area contributed by atoms with E-state index in [0.717, 1.165) is 32.1 Å². The first kappa shape index (κ1) is 52.5. The smallest absolute Gasteiger partial charge is 0.457 e. The number of carbonyl (C=O) groups excluding carboxylic acids is 1. The summed E-state index contributed by atoms with van der Waals surface area (Å²) < 4.78 is 33.4. The minimum Gasteiger partial charge on any atom is -0.457 e. The van der Waals surface area contributed by atoms with E-state index >= 15 is 0 Å². The summed E-state index contributed by atoms with van der Waals surface area (Å²) in [5.41, 5.74) is 0. The van der Waals surface area contributed by atoms with Crippen LogP contribution in [-0.2, 0) is 27.9 Å². The Hall–Kier alpha value is -0.540. The molecule has 10 heteroatoms. The minimum absolute atomic E-state index is 0.0582. The number of hydrogen-bond acceptors (Lipinski definition) is 8. The van der Waals surface area contributed by atoms with Gasteiger partial charge in [-0.3, -0.25) is 13.8 Å². The lowest BCUT2D eigenvalue weighted by Crippen LogP contribution is -2.29. The van der Waals surface area contributed by atoms with Gasteiger partial charge in [-0.2, -0.15) is 0 Å². The van der Waals surface area contributed by atoms with E-state index in [-0.39, 0.29) is 25.6 Å². The zero-order valence-corrected chi connectivity index (χ0v) is 35.7. The van der Waals surface area contributed by atoms with Crippen molar-refractivity contribution >= 4 is 13.8 Å². The Labute approximate surface area is 327 Å². The normalized spacial score (nSPS) is 14.0. The number of phosphoric ester groups is 1. The largest absolute Gasteiger partial charge is 0.472 e. The van der Waals surface area contributed by atoms with E-state index < -0.39 is 33.2 Å². The predicted molar refractivity (Wildman–Crippen MR) is 219 cm³/mol. The second-order valence-corrected chi connectivity index (χ2v) is 16.9. The molecule has 0 radical (unpaired) electrons. The Bertz CT molecular complexity index is 800. The second-order valence-electron chi connectivity index (χ2n) is 15.4. The maximum atomic E-state index is 12.6. The van der Waals surface area contributed by atoms with Crippen LogP contribution in [0.15, 0.2) is 0 Å². The molecular formula is C43H87O9P. The lowest BCUT2D eigenvalue weighted by molar-refractivity contribution is -0.154. The van der Waals surface area contributed by atoms with Crippen molar-refractivity contribution < 1.29 is 43.0 Å². The van der Waals surface area contributed by atoms with Crippen LogP contribution in [0.4, 0.5) is 0 Å². The SMILES string of the molecule is CCCCCCCCCCCCCCCCCCCCOCC(COP(=O)(O)OCC(O)CO)OC(=O)CCCCCCCCCCCCCCCC. The fourth-order valence-electron chi connectivity index (χ4n) is 6.59. The number of hydrogen-bond donors (Lipinski definition) is 3. The van der Waals surface area contributed by atoms with Crippen LogP contribution in [0.25, 0.3) is 0 Å². The van der Waals surface area contributed by atoms with Crippen molar-refractivity contribution in [1.82, 2.24) is 0 Å². The summed E-state index contributed by atoms with van der Waals surface area (Å²) in [6.45, 7) is 3.58. The van der Waals surface area contributed by atoms with Crippen LogP contribution >= 0.6 is 7.82 Å². The maximum absolute atomic E-state index is 12.6. The van der Waals surface area contributed by atoms with Gasteiger partial charge in [-0.05, 0) is 12.8 Å². The highest BCUT2D eigenvalue weighted by Crippen LogP contribution is 2.43. The van der Waals surface area contributed by atoms with Gasteiger partial charge in [0.1, 0.15) is 12.2 Å². The number of rotatable bonds is 44. The van der Waals surface area contributed by atoms with Crippen LogP contribution in [-0.4, -0.2) is 66.3 Å². The molecule has 3 unspecified atom stereocenters. The topological polar surface area (TPSA) is 132 Å². The Morgan fingerprint density at radius 3 is 1.23 bits per heavy atom. The summed E-state index contributed by atoms with van der Waals surface area (Å²) >= 11 is 0. The van der Waals surface area contributed by atoms with Gasteiger partial charge in [0.2, 0.25) is 0 Å². The van der Waals surface area contributed by atoms with Crippen molar-refractivity contribution in [3.05, 3.63) is 0 Å². The molecule has 3 atom stereocenters. The summed E-state index contributed by atoms with van der Waals surface area (Å²) in [5, 5.41) is 18.3. The molecule has 0 aromatic heterocycles. The summed E-state index contributed by atoms with van der Waals surface area (Å²) in [5.74, 6) is -0.376. The second kappa shape index (κ2) is 41.1. The fourth-order valence-corrected chi connectivity index (χ4v) is 7.38. The zero-order chi connectivity index (χ0) is 38.9. The van der Waals surface area contributed by atoms with Crippen LogP contribution in [0.1, 0.15) is 226 Å². The molecule has 0 aliphatic carbocycles. The third-order valence-electron chi connectivity index (χ3n) is 10.0. The average Bonchev–Trinajstić information content (AvgIpc) is 3.15. The highest BCUT2D eigenvalue weighted by molar-refractivity contribution is 7.47. The number of aliphatic hydroxyl groups excluding tert-OH is 2. The zero-order valence-electron chi connectivity index (χ0n) is 34.8. The standard InChI is InChI=1S/C43H87O9P/c1-3-5-7-9-11-13-15-17-19-20-21-22-24-26-28-30-32-34-36-49-39-42(40-51-53(47,48)50-38-41(45)37-44)52-43(46)35-33-31-29-27-25-23-18-16-14-12-10-8-6-4-2/h41-42,44-45H,3-40H2,1-2H3,(H,47,48). The highest BCUT2D eigenvalue weighted by Gasteiger charge is 2.26. The van der Waals surface area contributed by atoms with Gasteiger partial charge in [0.05, 0.1) is 26.4 Å². The molecule has 0 rings (SSSR count). The average molecular weight is 779 g/mol. The number of unbranched alkanes of at least 4 members (excludes halogenated alkanes) is 30. The van der Waals surface area contributed by atoms with Crippen molar-refractivity contribution in [2.24, 2.45) is 0 Å². The molecular weight excluding hydrogens is 691 g/mol. The minimum atomic E-state index is -4.51. The molecule has 0 heterocycles. The Morgan fingerprint density at radius 1 is 0.509 bits per heavy atom. The van der Waals surface area contributed by atoms with Crippen molar-refractivity contribution in [2.45, 2.75) is 238 Å². The number of esters is 1. The van der Waals surface area contributed by atoms with Crippen molar-refractivity contribution in [3.8, 4) is 0 Å². The van der Waals surface area contributed by atoms with Gasteiger partial charge >= 0.3 is 13.8 Å². The number of carbonyl (C=O) groups is 1. The van der Waals surface area contributed by atoms with Crippen LogP contribution in [0.5, 0.6) is 0 Å². The van der Waals surface area contributed by atoms with E-state index in [1.807, 2.05) is 0 Å². The van der Waals surface area contributed by atoms with Gasteiger partial charge in [0.25, 0.3) is 0 Å². The molecule has 0 saturated carbocycles. The van der Waals surface area contributed by atoms with E-state index in [9.17, 15) is 19.4 Å². The van der Waals surface area contributed by atoms with Gasteiger partial charge in [-0.15, -0.1) is 0 Å². The Kier molecular flexibility index (Phi) is 40.7. The molecule has 3 N–H and O–H groups in total. The molecule has 0 aromatic rings. The van der Waals surface area contributed by atoms with Gasteiger partial charge < -0.3 is 24.6 Å². The van der Waals surface area contributed by atoms with Gasteiger partial charge in [0, 0.05) is 13.0 Å². The van der Waals surface area contributed by atoms with E-state index in [2.05, 4.69) is 13.8 Å². The fraction of sp³-hybridized carbons (Fsp3) is 0.977. The third-order valence-corrected chi connectivity index (χ3v) is 11.0. The van der Waals surface area contributed by atoms with E-state index in [4.69, 9.17) is 23.6 Å². The predicted octanol–water partition coefficient (Wildman–Crippen LogP) is 12.3. The van der Waals surface area contributed by atoms with Crippen LogP contribution in [0.3, 0.4) is 0 Å². The first-order chi connectivity index (χ1) is 25.8. The molecule has 0 amide bonds. The third kappa shape index (κ3) is 40.9. The first-order valence-corrected chi connectivity index (χ1v) is 24.0. The molecule has 0 saturated heterocycles. The number of aliphatic hydroxyl groups is 2. The molecule has 0 aromatic carbocycles. The lowest BCUT2D eigenvalue weighted by Gasteiger charge is -2.20. The molecule has 0 fully saturated rings. The summed E-state index contributed by atoms with van der Waals surface area (Å²) in [6.07, 6.45) is 39.1. The van der Waals surface area contributed by atoms with Crippen molar-refractivity contribution in [2.75, 3.05) is 33.0 Å². The van der Waals surface area contributed by atoms with Crippen LogP contribution < -0.4 is 0 Å². The van der Waals surface area contributed by atoms with Gasteiger partial charge in [0.15, 0.2) is 0 Å². The molecule has 0 aliphatic heterocycles. The quantitative estimate of drug-likeness (QED) is 0.0314. The van der Waals surface area contributed by atoms with E-state index in [1.54, 1.807) is 0 Å². The lowest BCUT2D eigenvalue weighted by atomic mass is 10.0. The number of phosphoric acid groups is 1. The highest BCUT2D eigenvalue weighted by atomic mass is 31.2. The Balaban J connectivity index is 4.08. The molecule has 0 aliphatic rings. The summed E-state index contributed by atoms with van der Waals surface area (Å²) in [4.78, 5) is 22.6. The van der Waals surface area contributed by atoms with Crippen molar-refractivity contribution in [1.29, 1.82) is 0 Å². The maximum Gasteiger partial charge on any atom is 0.472 e. The van der Waals surface area contributed by atoms with E-state index in [1.165, 1.54) is 173 Å². The summed E-state index contributed by atoms with van der Waals surface area (Å²) in [6, 6.07) is 0. The first-order valence-electron chi connectivity index (χ1n) is 22.5. The molecule has 53 heavy (non-hydrogen) atoms. The summed E-state index contributed by atoms with van der Waals surface area (Å²) in [7, 11) is -4.51. The van der Waals surface area contributed by atoms with Gasteiger partial charge in [-0.1, -0.05) is 206 Å². The monoisotopic (exact) mass is 779 g/mol. The Morgan fingerprint density at radius 2 is 0.849 bits per heavy atom. The van der Waals surface area contributed by atoms with Crippen LogP contribution in [0, 0.1) is 0 Å². The number of ether oxygens (including phenoxy) is 2. The van der Waals surface area contributed by atoms with Crippen molar-refractivity contribution in [3.63, 3.8) is 0 Å². The van der Waals surface area contributed by atoms with Gasteiger partial charge in [-0.25, -0.2) is 4.57 Å². The molecule has 318 valence electrons. The molecule has 0 bridgehead atoms. The molecule has 9 nitrogen and oxygen atoms in total. The van der Waals surface area contributed by atoms with Crippen LogP contribution in [0.2, 0.25) is 0 Å². The van der Waals surface area contributed by atoms with E-state index in [0.29, 0.717) is 6.61 Å².